The second-order valence-electron chi connectivity index (χ2n) is 5.17. The van der Waals surface area contributed by atoms with E-state index in [1.165, 1.54) is 18.9 Å². The van der Waals surface area contributed by atoms with Crippen LogP contribution in [0, 0.1) is 6.92 Å². The summed E-state index contributed by atoms with van der Waals surface area (Å²) in [4.78, 5) is 17.1. The van der Waals surface area contributed by atoms with E-state index in [-0.39, 0.29) is 11.7 Å². The lowest BCUT2D eigenvalue weighted by Crippen LogP contribution is -2.19. The molecule has 1 saturated heterocycles. The van der Waals surface area contributed by atoms with Crippen molar-refractivity contribution in [1.29, 1.82) is 0 Å². The van der Waals surface area contributed by atoms with Gasteiger partial charge in [0.05, 0.1) is 17.7 Å². The molecular weight excluding hydrogens is 324 g/mol. The SMILES string of the molecule is COc1cccc(C=C2SC(=Nc3ccccc3C)NC2=O)c1O. The highest BCUT2D eigenvalue weighted by atomic mass is 32.2. The number of aliphatic imine (C=N–C) groups is 1. The first-order valence-corrected chi connectivity index (χ1v) is 8.11. The second-order valence-corrected chi connectivity index (χ2v) is 6.20. The number of hydrogen-bond acceptors (Lipinski definition) is 5. The molecule has 1 aliphatic rings. The van der Waals surface area contributed by atoms with E-state index in [0.29, 0.717) is 21.4 Å². The second kappa shape index (κ2) is 6.80. The van der Waals surface area contributed by atoms with Crippen LogP contribution in [0.15, 0.2) is 52.4 Å². The fourth-order valence-corrected chi connectivity index (χ4v) is 3.07. The van der Waals surface area contributed by atoms with E-state index in [2.05, 4.69) is 10.3 Å². The van der Waals surface area contributed by atoms with Gasteiger partial charge in [0.1, 0.15) is 0 Å². The number of amidine groups is 1. The molecule has 2 N–H and O–H groups in total. The van der Waals surface area contributed by atoms with Gasteiger partial charge in [0.2, 0.25) is 0 Å². The number of carbonyl (C=O) groups is 1. The Morgan fingerprint density at radius 2 is 2.00 bits per heavy atom. The first-order valence-electron chi connectivity index (χ1n) is 7.29. The van der Waals surface area contributed by atoms with Crippen LogP contribution in [0.3, 0.4) is 0 Å². The van der Waals surface area contributed by atoms with Crippen molar-refractivity contribution in [1.82, 2.24) is 5.32 Å². The van der Waals surface area contributed by atoms with Gasteiger partial charge in [-0.05, 0) is 42.5 Å². The lowest BCUT2D eigenvalue weighted by molar-refractivity contribution is -0.115. The number of thioether (sulfide) groups is 1. The topological polar surface area (TPSA) is 70.9 Å². The number of phenols is 1. The predicted octanol–water partition coefficient (Wildman–Crippen LogP) is 3.60. The van der Waals surface area contributed by atoms with Crippen LogP contribution in [0.2, 0.25) is 0 Å². The molecule has 0 aromatic heterocycles. The van der Waals surface area contributed by atoms with Crippen LogP contribution in [0.1, 0.15) is 11.1 Å². The maximum atomic E-state index is 12.1. The van der Waals surface area contributed by atoms with Crippen molar-refractivity contribution in [2.45, 2.75) is 6.92 Å². The number of nitrogens with zero attached hydrogens (tertiary/aromatic N) is 1. The maximum Gasteiger partial charge on any atom is 0.264 e. The van der Waals surface area contributed by atoms with Crippen LogP contribution in [0.4, 0.5) is 5.69 Å². The Morgan fingerprint density at radius 1 is 1.21 bits per heavy atom. The predicted molar refractivity (Wildman–Crippen MR) is 96.6 cm³/mol. The molecule has 0 spiro atoms. The summed E-state index contributed by atoms with van der Waals surface area (Å²) >= 11 is 1.24. The molecule has 0 saturated carbocycles. The third kappa shape index (κ3) is 3.28. The Morgan fingerprint density at radius 3 is 2.75 bits per heavy atom. The molecule has 6 heteroatoms. The number of aromatic hydroxyl groups is 1. The van der Waals surface area contributed by atoms with Crippen molar-refractivity contribution in [3.8, 4) is 11.5 Å². The van der Waals surface area contributed by atoms with Crippen LogP contribution < -0.4 is 10.1 Å². The molecule has 1 fully saturated rings. The number of para-hydroxylation sites is 2. The maximum absolute atomic E-state index is 12.1. The van der Waals surface area contributed by atoms with Crippen LogP contribution in [-0.4, -0.2) is 23.3 Å². The number of benzene rings is 2. The van der Waals surface area contributed by atoms with Crippen molar-refractivity contribution >= 4 is 34.6 Å². The molecule has 1 amide bonds. The quantitative estimate of drug-likeness (QED) is 0.838. The molecule has 0 aliphatic carbocycles. The minimum atomic E-state index is -0.241. The summed E-state index contributed by atoms with van der Waals surface area (Å²) in [7, 11) is 1.48. The number of rotatable bonds is 3. The van der Waals surface area contributed by atoms with E-state index in [1.807, 2.05) is 31.2 Å². The third-order valence-electron chi connectivity index (χ3n) is 3.53. The fourth-order valence-electron chi connectivity index (χ4n) is 2.24. The molecular formula is C18H16N2O3S. The first-order chi connectivity index (χ1) is 11.6. The number of aryl methyl sites for hydroxylation is 1. The van der Waals surface area contributed by atoms with Crippen molar-refractivity contribution in [3.05, 3.63) is 58.5 Å². The highest BCUT2D eigenvalue weighted by Crippen LogP contribution is 2.34. The molecule has 3 rings (SSSR count). The molecule has 0 radical (unpaired) electrons. The highest BCUT2D eigenvalue weighted by molar-refractivity contribution is 8.18. The van der Waals surface area contributed by atoms with E-state index in [0.717, 1.165) is 11.3 Å². The summed E-state index contributed by atoms with van der Waals surface area (Å²) in [5.41, 5.74) is 2.36. The van der Waals surface area contributed by atoms with Crippen LogP contribution in [0.5, 0.6) is 11.5 Å². The summed E-state index contributed by atoms with van der Waals surface area (Å²) < 4.78 is 5.08. The molecule has 1 heterocycles. The van der Waals surface area contributed by atoms with Crippen molar-refractivity contribution < 1.29 is 14.6 Å². The van der Waals surface area contributed by atoms with E-state index in [1.54, 1.807) is 24.3 Å². The van der Waals surface area contributed by atoms with Crippen LogP contribution in [0.25, 0.3) is 6.08 Å². The fraction of sp³-hybridized carbons (Fsp3) is 0.111. The molecule has 1 aliphatic heterocycles. The molecule has 2 aromatic carbocycles. The van der Waals surface area contributed by atoms with Crippen molar-refractivity contribution in [2.75, 3.05) is 7.11 Å². The molecule has 2 aromatic rings. The minimum absolute atomic E-state index is 0.00481. The number of phenolic OH excluding ortho intramolecular Hbond substituents is 1. The van der Waals surface area contributed by atoms with Crippen LogP contribution in [-0.2, 0) is 4.79 Å². The monoisotopic (exact) mass is 340 g/mol. The molecule has 5 nitrogen and oxygen atoms in total. The summed E-state index contributed by atoms with van der Waals surface area (Å²) in [6.45, 7) is 1.96. The summed E-state index contributed by atoms with van der Waals surface area (Å²) in [6.07, 6.45) is 1.62. The zero-order valence-corrected chi connectivity index (χ0v) is 14.1. The van der Waals surface area contributed by atoms with Gasteiger partial charge >= 0.3 is 0 Å². The number of hydrogen-bond donors (Lipinski definition) is 2. The van der Waals surface area contributed by atoms with Gasteiger partial charge < -0.3 is 15.2 Å². The van der Waals surface area contributed by atoms with Crippen LogP contribution >= 0.6 is 11.8 Å². The molecule has 0 unspecified atom stereocenters. The van der Waals surface area contributed by atoms with E-state index < -0.39 is 0 Å². The van der Waals surface area contributed by atoms with Gasteiger partial charge in [0.25, 0.3) is 5.91 Å². The lowest BCUT2D eigenvalue weighted by atomic mass is 10.1. The normalized spacial score (nSPS) is 17.3. The smallest absolute Gasteiger partial charge is 0.264 e. The number of carbonyl (C=O) groups excluding carboxylic acids is 1. The van der Waals surface area contributed by atoms with Gasteiger partial charge in [-0.3, -0.25) is 4.79 Å². The average Bonchev–Trinajstić information content (AvgIpc) is 2.91. The zero-order valence-electron chi connectivity index (χ0n) is 13.2. The molecule has 24 heavy (non-hydrogen) atoms. The Bertz CT molecular complexity index is 859. The van der Waals surface area contributed by atoms with Gasteiger partial charge in [-0.15, -0.1) is 0 Å². The standard InChI is InChI=1S/C18H16N2O3S/c1-11-6-3-4-8-13(11)19-18-20-17(22)15(24-18)10-12-7-5-9-14(23-2)16(12)21/h3-10,21H,1-2H3,(H,19,20,22). The van der Waals surface area contributed by atoms with Gasteiger partial charge in [0.15, 0.2) is 16.7 Å². The zero-order chi connectivity index (χ0) is 17.1. The Kier molecular flexibility index (Phi) is 4.57. The first kappa shape index (κ1) is 16.1. The van der Waals surface area contributed by atoms with Gasteiger partial charge in [-0.25, -0.2) is 4.99 Å². The van der Waals surface area contributed by atoms with E-state index >= 15 is 0 Å². The van der Waals surface area contributed by atoms with Gasteiger partial charge in [0, 0.05) is 5.56 Å². The Labute approximate surface area is 144 Å². The Hall–Kier alpha value is -2.73. The summed E-state index contributed by atoms with van der Waals surface area (Å²) in [5, 5.41) is 13.4. The number of nitrogens with one attached hydrogen (secondary N) is 1. The van der Waals surface area contributed by atoms with Gasteiger partial charge in [-0.1, -0.05) is 30.3 Å². The Balaban J connectivity index is 1.89. The van der Waals surface area contributed by atoms with E-state index in [4.69, 9.17) is 4.74 Å². The van der Waals surface area contributed by atoms with Crippen molar-refractivity contribution in [2.24, 2.45) is 4.99 Å². The molecule has 122 valence electrons. The summed E-state index contributed by atoms with van der Waals surface area (Å²) in [5.74, 6) is 0.126. The molecule has 0 atom stereocenters. The van der Waals surface area contributed by atoms with Crippen molar-refractivity contribution in [3.63, 3.8) is 0 Å². The lowest BCUT2D eigenvalue weighted by Gasteiger charge is -2.05. The largest absolute Gasteiger partial charge is 0.504 e. The highest BCUT2D eigenvalue weighted by Gasteiger charge is 2.24. The third-order valence-corrected chi connectivity index (χ3v) is 4.43. The summed E-state index contributed by atoms with van der Waals surface area (Å²) in [6, 6.07) is 12.8. The minimum Gasteiger partial charge on any atom is -0.504 e. The number of ether oxygens (including phenoxy) is 1. The number of methoxy groups -OCH3 is 1. The number of amides is 1. The molecule has 0 bridgehead atoms. The van der Waals surface area contributed by atoms with Gasteiger partial charge in [-0.2, -0.15) is 0 Å². The van der Waals surface area contributed by atoms with E-state index in [9.17, 15) is 9.90 Å². The average molecular weight is 340 g/mol.